The van der Waals surface area contributed by atoms with Crippen molar-refractivity contribution in [2.75, 3.05) is 11.9 Å². The van der Waals surface area contributed by atoms with E-state index in [0.717, 1.165) is 46.0 Å². The lowest BCUT2D eigenvalue weighted by molar-refractivity contribution is -0.147. The van der Waals surface area contributed by atoms with Gasteiger partial charge in [0.15, 0.2) is 6.10 Å². The minimum Gasteiger partial charge on any atom is -0.455 e. The lowest BCUT2D eigenvalue weighted by atomic mass is 9.95. The number of hydrogen-bond acceptors (Lipinski definition) is 8. The maximum absolute atomic E-state index is 11.5. The molecule has 0 radical (unpaired) electrons. The van der Waals surface area contributed by atoms with E-state index in [2.05, 4.69) is 25.2 Å². The maximum Gasteiger partial charge on any atom is 0.303 e. The number of ether oxygens (including phenoxy) is 1. The summed E-state index contributed by atoms with van der Waals surface area (Å²) in [4.78, 5) is 30.2. The highest BCUT2D eigenvalue weighted by Crippen LogP contribution is 2.36. The van der Waals surface area contributed by atoms with Crippen LogP contribution in [0.5, 0.6) is 0 Å². The van der Waals surface area contributed by atoms with Crippen LogP contribution < -0.4 is 10.6 Å². The Morgan fingerprint density at radius 2 is 2.00 bits per heavy atom. The molecule has 1 saturated carbocycles. The molecule has 0 spiro atoms. The number of anilines is 2. The van der Waals surface area contributed by atoms with Crippen molar-refractivity contribution in [3.63, 3.8) is 0 Å². The van der Waals surface area contributed by atoms with Crippen molar-refractivity contribution in [3.8, 4) is 0 Å². The number of esters is 1. The third-order valence-electron chi connectivity index (χ3n) is 6.80. The van der Waals surface area contributed by atoms with Gasteiger partial charge in [0.2, 0.25) is 5.95 Å². The zero-order valence-corrected chi connectivity index (χ0v) is 19.1. The minimum absolute atomic E-state index is 0.321. The van der Waals surface area contributed by atoms with E-state index in [0.29, 0.717) is 30.9 Å². The number of carbonyl (C=O) groups excluding carboxylic acids is 1. The van der Waals surface area contributed by atoms with Crippen LogP contribution in [-0.2, 0) is 16.1 Å². The SMILES string of the molecule is CC(=O)OC1CNCc2ccc(Nc3ncc4c5ccncc5n(C5CCCCC5)c4n3)nc21. The molecule has 2 aliphatic rings. The second-order valence-electron chi connectivity index (χ2n) is 9.08. The molecule has 1 aliphatic carbocycles. The number of carbonyl (C=O) groups is 1. The standard InChI is InChI=1S/C25H27N7O2/c1-15(33)34-21-14-27-11-16-7-8-22(29-23(16)21)30-25-28-12-19-18-9-10-26-13-20(18)32(24(19)31-25)17-5-3-2-4-6-17/h7-10,12-13,17,21,27H,2-6,11,14H2,1H3,(H,28,29,30,31). The van der Waals surface area contributed by atoms with E-state index in [1.165, 1.54) is 26.2 Å². The largest absolute Gasteiger partial charge is 0.455 e. The van der Waals surface area contributed by atoms with Crippen LogP contribution >= 0.6 is 0 Å². The van der Waals surface area contributed by atoms with Crippen molar-refractivity contribution < 1.29 is 9.53 Å². The topological polar surface area (TPSA) is 107 Å². The first-order valence-corrected chi connectivity index (χ1v) is 11.9. The first-order valence-electron chi connectivity index (χ1n) is 11.9. The van der Waals surface area contributed by atoms with E-state index in [1.807, 2.05) is 36.8 Å². The van der Waals surface area contributed by atoms with E-state index < -0.39 is 6.10 Å². The van der Waals surface area contributed by atoms with Gasteiger partial charge in [0.25, 0.3) is 0 Å². The molecule has 6 rings (SSSR count). The second-order valence-corrected chi connectivity index (χ2v) is 9.08. The molecular weight excluding hydrogens is 430 g/mol. The summed E-state index contributed by atoms with van der Waals surface area (Å²) >= 11 is 0. The minimum atomic E-state index is -0.410. The van der Waals surface area contributed by atoms with Gasteiger partial charge in [-0.25, -0.2) is 9.97 Å². The average molecular weight is 458 g/mol. The number of rotatable bonds is 4. The summed E-state index contributed by atoms with van der Waals surface area (Å²) in [5.41, 5.74) is 3.82. The molecule has 1 atom stereocenters. The normalized spacial score (nSPS) is 18.7. The van der Waals surface area contributed by atoms with Gasteiger partial charge in [-0.05, 0) is 30.5 Å². The molecule has 4 aromatic rings. The lowest BCUT2D eigenvalue weighted by Crippen LogP contribution is -2.31. The van der Waals surface area contributed by atoms with Gasteiger partial charge in [-0.2, -0.15) is 4.98 Å². The molecule has 5 heterocycles. The fourth-order valence-corrected chi connectivity index (χ4v) is 5.28. The molecule has 9 nitrogen and oxygen atoms in total. The van der Waals surface area contributed by atoms with Crippen LogP contribution in [0.1, 0.15) is 62.4 Å². The predicted molar refractivity (Wildman–Crippen MR) is 129 cm³/mol. The summed E-state index contributed by atoms with van der Waals surface area (Å²) in [5.74, 6) is 0.795. The molecule has 1 fully saturated rings. The van der Waals surface area contributed by atoms with Gasteiger partial charge < -0.3 is 19.9 Å². The third-order valence-corrected chi connectivity index (χ3v) is 6.80. The van der Waals surface area contributed by atoms with Crippen molar-refractivity contribution in [3.05, 3.63) is 48.0 Å². The Balaban J connectivity index is 1.38. The summed E-state index contributed by atoms with van der Waals surface area (Å²) < 4.78 is 7.82. The van der Waals surface area contributed by atoms with Gasteiger partial charge in [-0.3, -0.25) is 9.78 Å². The Hall–Kier alpha value is -3.59. The van der Waals surface area contributed by atoms with Crippen molar-refractivity contribution in [2.24, 2.45) is 0 Å². The molecule has 174 valence electrons. The van der Waals surface area contributed by atoms with Crippen LogP contribution in [0.25, 0.3) is 21.9 Å². The zero-order chi connectivity index (χ0) is 23.1. The number of hydrogen-bond donors (Lipinski definition) is 2. The van der Waals surface area contributed by atoms with Crippen molar-refractivity contribution >= 4 is 39.7 Å². The Morgan fingerprint density at radius 1 is 1.12 bits per heavy atom. The Morgan fingerprint density at radius 3 is 2.85 bits per heavy atom. The van der Waals surface area contributed by atoms with Crippen LogP contribution in [0.2, 0.25) is 0 Å². The number of pyridine rings is 2. The first-order chi connectivity index (χ1) is 16.7. The highest BCUT2D eigenvalue weighted by molar-refractivity contribution is 6.06. The summed E-state index contributed by atoms with van der Waals surface area (Å²) in [6.45, 7) is 2.65. The number of nitrogens with one attached hydrogen (secondary N) is 2. The smallest absolute Gasteiger partial charge is 0.303 e. The van der Waals surface area contributed by atoms with Crippen molar-refractivity contribution in [1.29, 1.82) is 0 Å². The van der Waals surface area contributed by atoms with E-state index in [1.54, 1.807) is 0 Å². The fourth-order valence-electron chi connectivity index (χ4n) is 5.28. The Labute approximate surface area is 197 Å². The molecule has 1 aliphatic heterocycles. The Kier molecular flexibility index (Phi) is 5.33. The summed E-state index contributed by atoms with van der Waals surface area (Å²) in [6.07, 6.45) is 11.3. The molecule has 0 aromatic carbocycles. The predicted octanol–water partition coefficient (Wildman–Crippen LogP) is 4.33. The monoisotopic (exact) mass is 457 g/mol. The average Bonchev–Trinajstić information content (AvgIpc) is 3.18. The molecule has 0 saturated heterocycles. The van der Waals surface area contributed by atoms with Gasteiger partial charge in [-0.1, -0.05) is 25.3 Å². The summed E-state index contributed by atoms with van der Waals surface area (Å²) in [6, 6.07) is 6.36. The van der Waals surface area contributed by atoms with E-state index >= 15 is 0 Å². The molecule has 1 unspecified atom stereocenters. The van der Waals surface area contributed by atoms with Gasteiger partial charge in [0, 0.05) is 49.2 Å². The number of nitrogens with zero attached hydrogens (tertiary/aromatic N) is 5. The zero-order valence-electron chi connectivity index (χ0n) is 19.1. The molecule has 0 amide bonds. The maximum atomic E-state index is 11.5. The highest BCUT2D eigenvalue weighted by atomic mass is 16.5. The second kappa shape index (κ2) is 8.64. The quantitative estimate of drug-likeness (QED) is 0.436. The van der Waals surface area contributed by atoms with E-state index in [-0.39, 0.29) is 5.97 Å². The van der Waals surface area contributed by atoms with Crippen LogP contribution in [0, 0.1) is 0 Å². The summed E-state index contributed by atoms with van der Waals surface area (Å²) in [5, 5.41) is 8.70. The first kappa shape index (κ1) is 21.0. The van der Waals surface area contributed by atoms with Gasteiger partial charge in [-0.15, -0.1) is 0 Å². The number of aromatic nitrogens is 5. The molecule has 2 N–H and O–H groups in total. The molecule has 0 bridgehead atoms. The highest BCUT2D eigenvalue weighted by Gasteiger charge is 2.25. The van der Waals surface area contributed by atoms with Crippen LogP contribution in [0.3, 0.4) is 0 Å². The van der Waals surface area contributed by atoms with Crippen molar-refractivity contribution in [2.45, 2.75) is 57.7 Å². The van der Waals surface area contributed by atoms with E-state index in [9.17, 15) is 4.79 Å². The Bertz CT molecular complexity index is 1380. The summed E-state index contributed by atoms with van der Waals surface area (Å²) in [7, 11) is 0. The molecule has 4 aromatic heterocycles. The molecule has 9 heteroatoms. The lowest BCUT2D eigenvalue weighted by Gasteiger charge is -2.25. The van der Waals surface area contributed by atoms with Gasteiger partial charge >= 0.3 is 5.97 Å². The molecular formula is C25H27N7O2. The van der Waals surface area contributed by atoms with Crippen molar-refractivity contribution in [1.82, 2.24) is 29.8 Å². The fraction of sp³-hybridized carbons (Fsp3) is 0.400. The number of fused-ring (bicyclic) bond motifs is 4. The van der Waals surface area contributed by atoms with Crippen LogP contribution in [0.15, 0.2) is 36.8 Å². The van der Waals surface area contributed by atoms with Gasteiger partial charge in [0.05, 0.1) is 17.4 Å². The van der Waals surface area contributed by atoms with Crippen LogP contribution in [-0.4, -0.2) is 37.0 Å². The third kappa shape index (κ3) is 3.75. The van der Waals surface area contributed by atoms with E-state index in [4.69, 9.17) is 14.7 Å². The molecule has 34 heavy (non-hydrogen) atoms. The van der Waals surface area contributed by atoms with Crippen LogP contribution in [0.4, 0.5) is 11.8 Å². The van der Waals surface area contributed by atoms with Gasteiger partial charge in [0.1, 0.15) is 11.5 Å².